The van der Waals surface area contributed by atoms with E-state index in [2.05, 4.69) is 30.6 Å². The van der Waals surface area contributed by atoms with Crippen LogP contribution in [0.5, 0.6) is 0 Å². The summed E-state index contributed by atoms with van der Waals surface area (Å²) in [5.74, 6) is 12.1. The summed E-state index contributed by atoms with van der Waals surface area (Å²) in [6.07, 6.45) is 8.37. The number of benzene rings is 2. The van der Waals surface area contributed by atoms with Crippen LogP contribution in [-0.4, -0.2) is 11.4 Å². The van der Waals surface area contributed by atoms with Gasteiger partial charge in [-0.2, -0.15) is 0 Å². The van der Waals surface area contributed by atoms with E-state index in [0.717, 1.165) is 46.8 Å². The van der Waals surface area contributed by atoms with Gasteiger partial charge < -0.3 is 0 Å². The van der Waals surface area contributed by atoms with Crippen LogP contribution in [0, 0.1) is 23.7 Å². The molecule has 2 rings (SSSR count). The SMILES string of the molecule is CC#Cc1cccc(N=C(C=CC)C(CCCCC)=Nc2cccc(C#CC)c2)c1. The normalized spacial score (nSPS) is 11.6. The minimum absolute atomic E-state index is 0.884. The molecule has 30 heavy (non-hydrogen) atoms. The molecular weight excluding hydrogens is 364 g/mol. The molecular formula is C28H30N2. The topological polar surface area (TPSA) is 24.7 Å². The Morgan fingerprint density at radius 2 is 1.47 bits per heavy atom. The fourth-order valence-electron chi connectivity index (χ4n) is 3.03. The molecule has 0 spiro atoms. The van der Waals surface area contributed by atoms with Crippen molar-refractivity contribution >= 4 is 22.8 Å². The fourth-order valence-corrected chi connectivity index (χ4v) is 3.03. The van der Waals surface area contributed by atoms with Gasteiger partial charge in [0.2, 0.25) is 0 Å². The summed E-state index contributed by atoms with van der Waals surface area (Å²) >= 11 is 0. The standard InChI is InChI=1S/C28H30N2/c1-5-9-10-20-28(30-26-19-12-17-24(22-26)14-7-3)27(15-8-4)29-25-18-11-16-23(21-25)13-6-2/h8,11-12,15-19,21-22H,5,9-10,20H2,1-4H3. The maximum absolute atomic E-state index is 4.99. The molecule has 0 amide bonds. The van der Waals surface area contributed by atoms with Gasteiger partial charge in [0.05, 0.1) is 22.8 Å². The highest BCUT2D eigenvalue weighted by Crippen LogP contribution is 2.19. The summed E-state index contributed by atoms with van der Waals surface area (Å²) in [7, 11) is 0. The van der Waals surface area contributed by atoms with Gasteiger partial charge in [0, 0.05) is 11.1 Å². The number of hydrogen-bond acceptors (Lipinski definition) is 2. The largest absolute Gasteiger partial charge is 0.251 e. The highest BCUT2D eigenvalue weighted by Gasteiger charge is 2.08. The molecule has 0 unspecified atom stereocenters. The first-order chi connectivity index (χ1) is 14.7. The average molecular weight is 395 g/mol. The van der Waals surface area contributed by atoms with E-state index in [0.29, 0.717) is 0 Å². The first-order valence-electron chi connectivity index (χ1n) is 10.5. The van der Waals surface area contributed by atoms with Crippen LogP contribution in [0.15, 0.2) is 70.7 Å². The molecule has 0 fully saturated rings. The minimum Gasteiger partial charge on any atom is -0.251 e. The molecule has 0 aliphatic rings. The lowest BCUT2D eigenvalue weighted by atomic mass is 10.1. The predicted octanol–water partition coefficient (Wildman–Crippen LogP) is 7.43. The second-order valence-corrected chi connectivity index (χ2v) is 6.86. The van der Waals surface area contributed by atoms with Crippen molar-refractivity contribution in [3.8, 4) is 23.7 Å². The van der Waals surface area contributed by atoms with Gasteiger partial charge in [0.25, 0.3) is 0 Å². The summed E-state index contributed by atoms with van der Waals surface area (Å²) in [4.78, 5) is 9.91. The molecule has 0 radical (unpaired) electrons. The Balaban J connectivity index is 2.51. The highest BCUT2D eigenvalue weighted by atomic mass is 14.8. The molecule has 0 bridgehead atoms. The molecule has 0 heterocycles. The molecule has 2 aromatic carbocycles. The van der Waals surface area contributed by atoms with Crippen molar-refractivity contribution in [2.24, 2.45) is 9.98 Å². The lowest BCUT2D eigenvalue weighted by Gasteiger charge is -2.09. The van der Waals surface area contributed by atoms with Crippen LogP contribution in [0.25, 0.3) is 0 Å². The first-order valence-corrected chi connectivity index (χ1v) is 10.5. The van der Waals surface area contributed by atoms with E-state index in [1.54, 1.807) is 0 Å². The van der Waals surface area contributed by atoms with Crippen LogP contribution < -0.4 is 0 Å². The van der Waals surface area contributed by atoms with Gasteiger partial charge in [0.1, 0.15) is 0 Å². The van der Waals surface area contributed by atoms with Gasteiger partial charge >= 0.3 is 0 Å². The van der Waals surface area contributed by atoms with E-state index in [1.165, 1.54) is 12.8 Å². The molecule has 0 atom stereocenters. The Bertz CT molecular complexity index is 1050. The van der Waals surface area contributed by atoms with E-state index in [-0.39, 0.29) is 0 Å². The number of nitrogens with zero attached hydrogens (tertiary/aromatic N) is 2. The van der Waals surface area contributed by atoms with Crippen LogP contribution >= 0.6 is 0 Å². The molecule has 152 valence electrons. The number of aliphatic imine (C=N–C) groups is 2. The zero-order valence-electron chi connectivity index (χ0n) is 18.5. The highest BCUT2D eigenvalue weighted by molar-refractivity contribution is 6.47. The summed E-state index contributed by atoms with van der Waals surface area (Å²) in [6, 6.07) is 16.1. The molecule has 2 aromatic rings. The molecule has 0 aromatic heterocycles. The molecule has 0 aliphatic heterocycles. The summed E-state index contributed by atoms with van der Waals surface area (Å²) in [6.45, 7) is 7.91. The molecule has 2 heteroatoms. The molecule has 2 nitrogen and oxygen atoms in total. The Kier molecular flexibility index (Phi) is 9.91. The maximum Gasteiger partial charge on any atom is 0.0848 e. The maximum atomic E-state index is 4.99. The molecule has 0 saturated heterocycles. The van der Waals surface area contributed by atoms with Crippen LogP contribution in [0.4, 0.5) is 11.4 Å². The van der Waals surface area contributed by atoms with Crippen LogP contribution in [-0.2, 0) is 0 Å². The van der Waals surface area contributed by atoms with Gasteiger partial charge in [-0.1, -0.05) is 49.8 Å². The zero-order chi connectivity index (χ0) is 21.6. The lowest BCUT2D eigenvalue weighted by molar-refractivity contribution is 0.744. The fraction of sp³-hybridized carbons (Fsp3) is 0.286. The van der Waals surface area contributed by atoms with Crippen LogP contribution in [0.1, 0.15) is 64.5 Å². The Morgan fingerprint density at radius 1 is 0.867 bits per heavy atom. The molecule has 0 aliphatic carbocycles. The number of allylic oxidation sites excluding steroid dienone is 2. The molecule has 0 N–H and O–H groups in total. The first kappa shape index (κ1) is 22.9. The van der Waals surface area contributed by atoms with Crippen LogP contribution in [0.3, 0.4) is 0 Å². The summed E-state index contributed by atoms with van der Waals surface area (Å²) < 4.78 is 0. The third-order valence-electron chi connectivity index (χ3n) is 4.38. The Labute approximate surface area is 181 Å². The van der Waals surface area contributed by atoms with Gasteiger partial charge in [-0.05, 0) is 76.1 Å². The van der Waals surface area contributed by atoms with Crippen molar-refractivity contribution in [2.45, 2.75) is 53.4 Å². The monoisotopic (exact) mass is 394 g/mol. The number of hydrogen-bond donors (Lipinski definition) is 0. The Hall–Kier alpha value is -3.36. The van der Waals surface area contributed by atoms with Gasteiger partial charge in [0.15, 0.2) is 0 Å². The third kappa shape index (κ3) is 7.57. The van der Waals surface area contributed by atoms with Crippen molar-refractivity contribution < 1.29 is 0 Å². The van der Waals surface area contributed by atoms with E-state index >= 15 is 0 Å². The van der Waals surface area contributed by atoms with Crippen molar-refractivity contribution in [1.82, 2.24) is 0 Å². The smallest absolute Gasteiger partial charge is 0.0848 e. The van der Waals surface area contributed by atoms with E-state index < -0.39 is 0 Å². The number of unbranched alkanes of at least 4 members (excludes halogenated alkanes) is 2. The van der Waals surface area contributed by atoms with Crippen molar-refractivity contribution in [3.63, 3.8) is 0 Å². The lowest BCUT2D eigenvalue weighted by Crippen LogP contribution is -2.11. The second kappa shape index (κ2) is 13.0. The van der Waals surface area contributed by atoms with Crippen molar-refractivity contribution in [3.05, 3.63) is 71.8 Å². The van der Waals surface area contributed by atoms with Crippen LogP contribution in [0.2, 0.25) is 0 Å². The van der Waals surface area contributed by atoms with E-state index in [9.17, 15) is 0 Å². The Morgan fingerprint density at radius 3 is 2.00 bits per heavy atom. The second-order valence-electron chi connectivity index (χ2n) is 6.86. The third-order valence-corrected chi connectivity index (χ3v) is 4.38. The van der Waals surface area contributed by atoms with Crippen molar-refractivity contribution in [2.75, 3.05) is 0 Å². The van der Waals surface area contributed by atoms with Crippen molar-refractivity contribution in [1.29, 1.82) is 0 Å². The zero-order valence-corrected chi connectivity index (χ0v) is 18.5. The van der Waals surface area contributed by atoms with E-state index in [1.807, 2.05) is 81.5 Å². The molecule has 0 saturated carbocycles. The van der Waals surface area contributed by atoms with Gasteiger partial charge in [-0.25, -0.2) is 4.99 Å². The van der Waals surface area contributed by atoms with E-state index in [4.69, 9.17) is 9.98 Å². The predicted molar refractivity (Wildman–Crippen MR) is 131 cm³/mol. The summed E-state index contributed by atoms with van der Waals surface area (Å²) in [5, 5.41) is 0. The van der Waals surface area contributed by atoms with Gasteiger partial charge in [-0.15, -0.1) is 11.8 Å². The number of rotatable bonds is 8. The summed E-state index contributed by atoms with van der Waals surface area (Å²) in [5.41, 5.74) is 5.62. The minimum atomic E-state index is 0.884. The quantitative estimate of drug-likeness (QED) is 0.253. The average Bonchev–Trinajstić information content (AvgIpc) is 2.74. The van der Waals surface area contributed by atoms with Gasteiger partial charge in [-0.3, -0.25) is 4.99 Å².